The topological polar surface area (TPSA) is 59.1 Å². The first-order chi connectivity index (χ1) is 17.4. The number of ether oxygens (including phenoxy) is 2. The van der Waals surface area contributed by atoms with Crippen LogP contribution in [0.4, 0.5) is 0 Å². The minimum absolute atomic E-state index is 0.0104. The molecule has 3 aromatic rings. The van der Waals surface area contributed by atoms with Crippen LogP contribution in [0.15, 0.2) is 60.0 Å². The zero-order valence-corrected chi connectivity index (χ0v) is 22.1. The Hall–Kier alpha value is -3.32. The molecule has 0 atom stereocenters. The minimum atomic E-state index is -0.0609. The van der Waals surface area contributed by atoms with Crippen molar-refractivity contribution in [2.45, 2.75) is 46.7 Å². The van der Waals surface area contributed by atoms with E-state index < -0.39 is 0 Å². The number of hydrogen-bond acceptors (Lipinski definition) is 5. The van der Waals surface area contributed by atoms with Crippen LogP contribution in [0, 0.1) is 12.8 Å². The van der Waals surface area contributed by atoms with Crippen molar-refractivity contribution in [2.24, 2.45) is 5.92 Å². The van der Waals surface area contributed by atoms with Gasteiger partial charge in [0.2, 0.25) is 18.6 Å². The quantitative estimate of drug-likeness (QED) is 0.348. The third-order valence-corrected chi connectivity index (χ3v) is 7.21. The SMILES string of the molecule is Cc1ccsc1CN(Cc1ccc2c(c1)OCO2)C(=O)CN(CC(C)C)C(=O)CCc1ccccc1. The maximum atomic E-state index is 13.7. The molecule has 0 bridgehead atoms. The van der Waals surface area contributed by atoms with E-state index in [1.165, 1.54) is 5.56 Å². The van der Waals surface area contributed by atoms with Crippen molar-refractivity contribution >= 4 is 23.2 Å². The van der Waals surface area contributed by atoms with Gasteiger partial charge in [-0.05, 0) is 59.5 Å². The lowest BCUT2D eigenvalue weighted by Gasteiger charge is -2.29. The van der Waals surface area contributed by atoms with Gasteiger partial charge in [0.05, 0.1) is 13.1 Å². The van der Waals surface area contributed by atoms with E-state index in [2.05, 4.69) is 26.8 Å². The maximum Gasteiger partial charge on any atom is 0.242 e. The maximum absolute atomic E-state index is 13.7. The van der Waals surface area contributed by atoms with Gasteiger partial charge in [-0.25, -0.2) is 0 Å². The molecule has 7 heteroatoms. The second kappa shape index (κ2) is 12.1. The van der Waals surface area contributed by atoms with Crippen molar-refractivity contribution < 1.29 is 19.1 Å². The number of fused-ring (bicyclic) bond motifs is 1. The largest absolute Gasteiger partial charge is 0.454 e. The first-order valence-electron chi connectivity index (χ1n) is 12.4. The fourth-order valence-corrected chi connectivity index (χ4v) is 5.16. The van der Waals surface area contributed by atoms with Gasteiger partial charge in [0.15, 0.2) is 11.5 Å². The van der Waals surface area contributed by atoms with Gasteiger partial charge in [0.1, 0.15) is 0 Å². The summed E-state index contributed by atoms with van der Waals surface area (Å²) in [6.45, 7) is 7.97. The molecule has 0 radical (unpaired) electrons. The van der Waals surface area contributed by atoms with Crippen LogP contribution in [0.3, 0.4) is 0 Å². The Morgan fingerprint density at radius 2 is 1.69 bits per heavy atom. The lowest BCUT2D eigenvalue weighted by Crippen LogP contribution is -2.44. The molecule has 0 saturated heterocycles. The van der Waals surface area contributed by atoms with Crippen molar-refractivity contribution in [3.05, 3.63) is 81.5 Å². The standard InChI is InChI=1S/C29H34N2O4S/c1-21(2)16-30(28(32)12-10-23-7-5-4-6-8-23)19-29(33)31(18-27-22(3)13-14-36-27)17-24-9-11-25-26(15-24)35-20-34-25/h4-9,11,13-15,21H,10,12,16-20H2,1-3H3. The summed E-state index contributed by atoms with van der Waals surface area (Å²) in [5, 5.41) is 2.05. The molecule has 36 heavy (non-hydrogen) atoms. The molecular weight excluding hydrogens is 472 g/mol. The molecule has 190 valence electrons. The highest BCUT2D eigenvalue weighted by atomic mass is 32.1. The number of thiophene rings is 1. The van der Waals surface area contributed by atoms with Crippen molar-refractivity contribution in [1.82, 2.24) is 9.80 Å². The van der Waals surface area contributed by atoms with Crippen LogP contribution in [0.5, 0.6) is 11.5 Å². The van der Waals surface area contributed by atoms with E-state index in [9.17, 15) is 9.59 Å². The molecule has 1 aliphatic rings. The average Bonchev–Trinajstić information content (AvgIpc) is 3.50. The average molecular weight is 507 g/mol. The van der Waals surface area contributed by atoms with E-state index in [1.807, 2.05) is 58.8 Å². The van der Waals surface area contributed by atoms with Crippen LogP contribution >= 0.6 is 11.3 Å². The fourth-order valence-electron chi connectivity index (χ4n) is 4.24. The lowest BCUT2D eigenvalue weighted by molar-refractivity contribution is -0.141. The number of hydrogen-bond donors (Lipinski definition) is 0. The molecule has 6 nitrogen and oxygen atoms in total. The summed E-state index contributed by atoms with van der Waals surface area (Å²) < 4.78 is 11.0. The predicted molar refractivity (Wildman–Crippen MR) is 142 cm³/mol. The lowest BCUT2D eigenvalue weighted by atomic mass is 10.1. The van der Waals surface area contributed by atoms with Gasteiger partial charge < -0.3 is 19.3 Å². The van der Waals surface area contributed by atoms with Crippen molar-refractivity contribution in [1.29, 1.82) is 0 Å². The summed E-state index contributed by atoms with van der Waals surface area (Å²) in [5.74, 6) is 1.63. The first-order valence-corrected chi connectivity index (χ1v) is 13.3. The smallest absolute Gasteiger partial charge is 0.242 e. The highest BCUT2D eigenvalue weighted by Gasteiger charge is 2.24. The Bertz CT molecular complexity index is 1180. The van der Waals surface area contributed by atoms with Crippen molar-refractivity contribution in [2.75, 3.05) is 19.9 Å². The molecule has 2 aromatic carbocycles. The second-order valence-corrected chi connectivity index (χ2v) is 10.6. The van der Waals surface area contributed by atoms with Crippen LogP contribution < -0.4 is 9.47 Å². The first kappa shape index (κ1) is 25.8. The molecule has 2 heterocycles. The molecule has 0 aliphatic carbocycles. The highest BCUT2D eigenvalue weighted by Crippen LogP contribution is 2.33. The van der Waals surface area contributed by atoms with E-state index in [-0.39, 0.29) is 31.1 Å². The van der Waals surface area contributed by atoms with Gasteiger partial charge >= 0.3 is 0 Å². The normalized spacial score (nSPS) is 12.1. The van der Waals surface area contributed by atoms with Crippen LogP contribution in [-0.2, 0) is 29.1 Å². The molecular formula is C29H34N2O4S. The van der Waals surface area contributed by atoms with E-state index in [0.29, 0.717) is 38.2 Å². The number of carbonyl (C=O) groups is 2. The van der Waals surface area contributed by atoms with Gasteiger partial charge in [-0.3, -0.25) is 9.59 Å². The van der Waals surface area contributed by atoms with Crippen LogP contribution in [0.25, 0.3) is 0 Å². The van der Waals surface area contributed by atoms with Crippen LogP contribution in [-0.4, -0.2) is 41.5 Å². The summed E-state index contributed by atoms with van der Waals surface area (Å²) in [6.07, 6.45) is 1.05. The Kier molecular flexibility index (Phi) is 8.65. The van der Waals surface area contributed by atoms with Gasteiger partial charge in [0, 0.05) is 24.4 Å². The third kappa shape index (κ3) is 6.88. The van der Waals surface area contributed by atoms with Crippen molar-refractivity contribution in [3.63, 3.8) is 0 Å². The second-order valence-electron chi connectivity index (χ2n) is 9.62. The summed E-state index contributed by atoms with van der Waals surface area (Å²) in [6, 6.07) is 17.8. The fraction of sp³-hybridized carbons (Fsp3) is 0.379. The molecule has 0 spiro atoms. The molecule has 0 unspecified atom stereocenters. The third-order valence-electron chi connectivity index (χ3n) is 6.20. The number of rotatable bonds is 11. The van der Waals surface area contributed by atoms with E-state index >= 15 is 0 Å². The zero-order chi connectivity index (χ0) is 25.5. The molecule has 0 saturated carbocycles. The Labute approximate surface area is 217 Å². The van der Waals surface area contributed by atoms with Gasteiger partial charge in [0.25, 0.3) is 0 Å². The number of nitrogens with zero attached hydrogens (tertiary/aromatic N) is 2. The molecule has 2 amide bonds. The Morgan fingerprint density at radius 3 is 2.42 bits per heavy atom. The molecule has 1 aromatic heterocycles. The number of amides is 2. The molecule has 0 fully saturated rings. The summed E-state index contributed by atoms with van der Waals surface area (Å²) in [5.41, 5.74) is 3.26. The van der Waals surface area contributed by atoms with E-state index in [4.69, 9.17) is 9.47 Å². The van der Waals surface area contributed by atoms with Gasteiger partial charge in [-0.15, -0.1) is 11.3 Å². The summed E-state index contributed by atoms with van der Waals surface area (Å²) >= 11 is 1.65. The van der Waals surface area contributed by atoms with Crippen LogP contribution in [0.2, 0.25) is 0 Å². The van der Waals surface area contributed by atoms with E-state index in [1.54, 1.807) is 16.2 Å². The van der Waals surface area contributed by atoms with E-state index in [0.717, 1.165) is 21.8 Å². The van der Waals surface area contributed by atoms with Gasteiger partial charge in [-0.1, -0.05) is 50.2 Å². The minimum Gasteiger partial charge on any atom is -0.454 e. The Balaban J connectivity index is 1.49. The zero-order valence-electron chi connectivity index (χ0n) is 21.2. The Morgan fingerprint density at radius 1 is 0.917 bits per heavy atom. The molecule has 0 N–H and O–H groups in total. The number of carbonyl (C=O) groups excluding carboxylic acids is 2. The molecule has 4 rings (SSSR count). The number of benzene rings is 2. The highest BCUT2D eigenvalue weighted by molar-refractivity contribution is 7.10. The predicted octanol–water partition coefficient (Wildman–Crippen LogP) is 5.43. The van der Waals surface area contributed by atoms with Crippen molar-refractivity contribution in [3.8, 4) is 11.5 Å². The summed E-state index contributed by atoms with van der Waals surface area (Å²) in [7, 11) is 0. The summed E-state index contributed by atoms with van der Waals surface area (Å²) in [4.78, 5) is 31.6. The van der Waals surface area contributed by atoms with Gasteiger partial charge in [-0.2, -0.15) is 0 Å². The van der Waals surface area contributed by atoms with Crippen LogP contribution in [0.1, 0.15) is 41.8 Å². The number of aryl methyl sites for hydroxylation is 2. The molecule has 1 aliphatic heterocycles. The monoisotopic (exact) mass is 506 g/mol.